The van der Waals surface area contributed by atoms with Crippen LogP contribution < -0.4 is 0 Å². The average Bonchev–Trinajstić information content (AvgIpc) is 1.94. The number of likely N-dealkylation sites (tertiary alicyclic amines) is 1. The Morgan fingerprint density at radius 2 is 1.82 bits per heavy atom. The molecule has 1 fully saturated rings. The average molecular weight is 187 g/mol. The number of hydrogen-bond acceptors (Lipinski definition) is 1. The Morgan fingerprint density at radius 3 is 1.91 bits per heavy atom. The van der Waals surface area contributed by atoms with E-state index in [4.69, 9.17) is 0 Å². The van der Waals surface area contributed by atoms with Crippen molar-refractivity contribution in [3.05, 3.63) is 0 Å². The lowest BCUT2D eigenvalue weighted by Gasteiger charge is -2.33. The van der Waals surface area contributed by atoms with Crippen LogP contribution in [-0.4, -0.2) is 44.5 Å². The number of rotatable bonds is 0. The van der Waals surface area contributed by atoms with Crippen molar-refractivity contribution >= 4 is 20.5 Å². The SMILES string of the molecule is CC1C([SiH3])([SiH3])CN(C)C1(C)C. The van der Waals surface area contributed by atoms with Gasteiger partial charge >= 0.3 is 0 Å². The molecule has 0 aromatic rings. The highest BCUT2D eigenvalue weighted by molar-refractivity contribution is 6.40. The molecular formula is C8H21NSi2. The molecule has 3 heteroatoms. The van der Waals surface area contributed by atoms with Crippen molar-refractivity contribution < 1.29 is 0 Å². The van der Waals surface area contributed by atoms with Gasteiger partial charge in [-0.25, -0.2) is 0 Å². The van der Waals surface area contributed by atoms with Crippen molar-refractivity contribution in [2.45, 2.75) is 31.0 Å². The molecule has 1 aliphatic heterocycles. The molecule has 1 aliphatic rings. The van der Waals surface area contributed by atoms with E-state index in [0.717, 1.165) is 10.6 Å². The zero-order valence-electron chi connectivity index (χ0n) is 8.73. The lowest BCUT2D eigenvalue weighted by atomic mass is 9.90. The molecule has 0 spiro atoms. The summed E-state index contributed by atoms with van der Waals surface area (Å²) in [6, 6.07) is 0. The molecule has 0 radical (unpaired) electrons. The molecule has 1 heterocycles. The quantitative estimate of drug-likeness (QED) is 0.449. The van der Waals surface area contributed by atoms with Crippen molar-refractivity contribution in [3.8, 4) is 0 Å². The van der Waals surface area contributed by atoms with Crippen LogP contribution in [0, 0.1) is 5.92 Å². The Hall–Kier alpha value is 0.394. The molecule has 66 valence electrons. The first kappa shape index (κ1) is 9.48. The second kappa shape index (κ2) is 2.44. The van der Waals surface area contributed by atoms with Crippen LogP contribution in [0.1, 0.15) is 20.8 Å². The first-order valence-corrected chi connectivity index (χ1v) is 6.50. The van der Waals surface area contributed by atoms with E-state index in [2.05, 4.69) is 32.7 Å². The minimum absolute atomic E-state index is 0.448. The van der Waals surface area contributed by atoms with Crippen LogP contribution in [0.4, 0.5) is 0 Å². The first-order valence-electron chi connectivity index (χ1n) is 4.50. The third kappa shape index (κ3) is 1.34. The van der Waals surface area contributed by atoms with Crippen molar-refractivity contribution in [1.82, 2.24) is 4.90 Å². The minimum atomic E-state index is 0.448. The van der Waals surface area contributed by atoms with Gasteiger partial charge in [0.15, 0.2) is 0 Å². The lowest BCUT2D eigenvalue weighted by Crippen LogP contribution is -2.39. The molecule has 1 saturated heterocycles. The van der Waals surface area contributed by atoms with Gasteiger partial charge in [-0.1, -0.05) is 6.92 Å². The van der Waals surface area contributed by atoms with Gasteiger partial charge in [0, 0.05) is 26.0 Å². The van der Waals surface area contributed by atoms with Gasteiger partial charge in [-0.2, -0.15) is 0 Å². The molecule has 1 rings (SSSR count). The predicted octanol–water partition coefficient (Wildman–Crippen LogP) is -0.807. The molecule has 1 unspecified atom stereocenters. The highest BCUT2D eigenvalue weighted by Gasteiger charge is 2.47. The van der Waals surface area contributed by atoms with Gasteiger partial charge in [0.05, 0.1) is 0 Å². The summed E-state index contributed by atoms with van der Waals surface area (Å²) < 4.78 is 0.762. The van der Waals surface area contributed by atoms with E-state index in [0.29, 0.717) is 5.54 Å². The molecule has 0 aliphatic carbocycles. The van der Waals surface area contributed by atoms with E-state index in [1.165, 1.54) is 27.0 Å². The summed E-state index contributed by atoms with van der Waals surface area (Å²) in [5.74, 6) is 0.901. The highest BCUT2D eigenvalue weighted by atomic mass is 28.2. The van der Waals surface area contributed by atoms with Crippen LogP contribution >= 0.6 is 0 Å². The van der Waals surface area contributed by atoms with Gasteiger partial charge in [-0.3, -0.25) is 0 Å². The van der Waals surface area contributed by atoms with Crippen LogP contribution in [0.15, 0.2) is 0 Å². The van der Waals surface area contributed by atoms with E-state index in [-0.39, 0.29) is 0 Å². The monoisotopic (exact) mass is 187 g/mol. The van der Waals surface area contributed by atoms with Crippen LogP contribution in [0.2, 0.25) is 4.66 Å². The van der Waals surface area contributed by atoms with Crippen LogP contribution in [-0.2, 0) is 0 Å². The topological polar surface area (TPSA) is 3.24 Å². The van der Waals surface area contributed by atoms with Crippen molar-refractivity contribution in [2.75, 3.05) is 13.6 Å². The van der Waals surface area contributed by atoms with E-state index in [1.54, 1.807) is 0 Å². The molecule has 0 saturated carbocycles. The molecule has 0 aromatic carbocycles. The third-order valence-electron chi connectivity index (χ3n) is 3.86. The number of hydrogen-bond donors (Lipinski definition) is 0. The largest absolute Gasteiger partial charge is 0.301 e. The smallest absolute Gasteiger partial charge is 0.0175 e. The van der Waals surface area contributed by atoms with E-state index < -0.39 is 0 Å². The summed E-state index contributed by atoms with van der Waals surface area (Å²) in [6.45, 7) is 8.55. The van der Waals surface area contributed by atoms with Gasteiger partial charge in [-0.05, 0) is 38.0 Å². The maximum Gasteiger partial charge on any atom is 0.0175 e. The van der Waals surface area contributed by atoms with Crippen molar-refractivity contribution in [2.24, 2.45) is 5.92 Å². The standard InChI is InChI=1S/C8H21NSi2/c1-6-7(2,3)9(4)5-8(6,10)11/h6H,5H2,1-4,10-11H3. The molecule has 0 bridgehead atoms. The zero-order chi connectivity index (χ0) is 8.86. The Balaban J connectivity index is 2.89. The molecule has 1 atom stereocenters. The van der Waals surface area contributed by atoms with Crippen molar-refractivity contribution in [3.63, 3.8) is 0 Å². The molecular weight excluding hydrogens is 166 g/mol. The second-order valence-electron chi connectivity index (χ2n) is 5.22. The summed E-state index contributed by atoms with van der Waals surface area (Å²) >= 11 is 0. The van der Waals surface area contributed by atoms with Gasteiger partial charge in [0.25, 0.3) is 0 Å². The molecule has 0 amide bonds. The van der Waals surface area contributed by atoms with Gasteiger partial charge in [0.1, 0.15) is 0 Å². The second-order valence-corrected chi connectivity index (χ2v) is 11.8. The first-order chi connectivity index (χ1) is 4.78. The third-order valence-corrected chi connectivity index (χ3v) is 6.22. The van der Waals surface area contributed by atoms with E-state index in [9.17, 15) is 0 Å². The van der Waals surface area contributed by atoms with Crippen LogP contribution in [0.25, 0.3) is 0 Å². The number of nitrogens with zero attached hydrogens (tertiary/aromatic N) is 1. The van der Waals surface area contributed by atoms with Gasteiger partial charge in [0.2, 0.25) is 0 Å². The Morgan fingerprint density at radius 1 is 1.36 bits per heavy atom. The fraction of sp³-hybridized carbons (Fsp3) is 1.00. The molecule has 0 N–H and O–H groups in total. The van der Waals surface area contributed by atoms with Crippen molar-refractivity contribution in [1.29, 1.82) is 0 Å². The van der Waals surface area contributed by atoms with Gasteiger partial charge in [-0.15, -0.1) is 0 Å². The Labute approximate surface area is 76.4 Å². The maximum absolute atomic E-state index is 2.54. The Kier molecular flexibility index (Phi) is 2.10. The fourth-order valence-corrected chi connectivity index (χ4v) is 4.60. The fourth-order valence-electron chi connectivity index (χ4n) is 2.24. The normalized spacial score (nSPS) is 45.3. The lowest BCUT2D eigenvalue weighted by molar-refractivity contribution is 0.180. The summed E-state index contributed by atoms with van der Waals surface area (Å²) in [4.78, 5) is 2.54. The van der Waals surface area contributed by atoms with Crippen LogP contribution in [0.3, 0.4) is 0 Å². The summed E-state index contributed by atoms with van der Waals surface area (Å²) in [6.07, 6.45) is 0. The van der Waals surface area contributed by atoms with Gasteiger partial charge < -0.3 is 4.90 Å². The molecule has 1 nitrogen and oxygen atoms in total. The maximum atomic E-state index is 2.54. The summed E-state index contributed by atoms with van der Waals surface area (Å²) in [7, 11) is 5.02. The van der Waals surface area contributed by atoms with E-state index in [1.807, 2.05) is 0 Å². The Bertz CT molecular complexity index is 165. The molecule has 0 aromatic heterocycles. The molecule has 11 heavy (non-hydrogen) atoms. The minimum Gasteiger partial charge on any atom is -0.301 e. The summed E-state index contributed by atoms with van der Waals surface area (Å²) in [5.41, 5.74) is 0.448. The zero-order valence-corrected chi connectivity index (χ0v) is 12.7. The highest BCUT2D eigenvalue weighted by Crippen LogP contribution is 2.46. The predicted molar refractivity (Wildman–Crippen MR) is 58.4 cm³/mol. The van der Waals surface area contributed by atoms with E-state index >= 15 is 0 Å². The van der Waals surface area contributed by atoms with Crippen LogP contribution in [0.5, 0.6) is 0 Å². The summed E-state index contributed by atoms with van der Waals surface area (Å²) in [5, 5.41) is 0.